The van der Waals surface area contributed by atoms with Crippen molar-refractivity contribution in [3.05, 3.63) is 35.4 Å². The Labute approximate surface area is 208 Å². The maximum atomic E-state index is 13.4. The molecule has 0 saturated carbocycles. The number of rotatable bonds is 9. The number of Topliss-reactive ketones (excluding diaryl/α,β-unsaturated/α-hetero) is 2. The van der Waals surface area contributed by atoms with E-state index in [1.54, 1.807) is 13.8 Å². The highest BCUT2D eigenvalue weighted by Gasteiger charge is 2.46. The monoisotopic (exact) mass is 511 g/mol. The molecule has 3 unspecified atom stereocenters. The van der Waals surface area contributed by atoms with Crippen molar-refractivity contribution in [3.63, 3.8) is 0 Å². The van der Waals surface area contributed by atoms with E-state index in [2.05, 4.69) is 10.6 Å². The summed E-state index contributed by atoms with van der Waals surface area (Å²) in [5.74, 6) is -5.32. The molecule has 1 fully saturated rings. The standard InChI is InChI=1S/C25H32F3N3O5/c1-13(2)19(21(33)25(26,27)28)29-23(35)18-7-6-12-31(18)24(36)20(14(3)4)30-22(34)17-10-8-16(9-11-17)15(5)32/h8-11,13-14,18-20H,6-7,12H2,1-5H3,(H,29,35)(H,30,34). The Morgan fingerprint density at radius 1 is 0.889 bits per heavy atom. The average Bonchev–Trinajstić information content (AvgIpc) is 3.29. The Morgan fingerprint density at radius 3 is 1.89 bits per heavy atom. The van der Waals surface area contributed by atoms with Crippen LogP contribution in [0.1, 0.15) is 68.2 Å². The van der Waals surface area contributed by atoms with Crippen LogP contribution in [-0.4, -0.2) is 65.0 Å². The van der Waals surface area contributed by atoms with Gasteiger partial charge in [-0.15, -0.1) is 0 Å². The topological polar surface area (TPSA) is 113 Å². The Morgan fingerprint density at radius 2 is 1.42 bits per heavy atom. The lowest BCUT2D eigenvalue weighted by atomic mass is 9.98. The second kappa shape index (κ2) is 11.7. The van der Waals surface area contributed by atoms with Gasteiger partial charge in [-0.05, 0) is 43.7 Å². The molecule has 0 aromatic heterocycles. The zero-order valence-corrected chi connectivity index (χ0v) is 20.9. The van der Waals surface area contributed by atoms with Gasteiger partial charge in [0.25, 0.3) is 11.7 Å². The molecule has 0 spiro atoms. The predicted octanol–water partition coefficient (Wildman–Crippen LogP) is 2.91. The molecular weight excluding hydrogens is 479 g/mol. The molecule has 198 valence electrons. The van der Waals surface area contributed by atoms with Gasteiger partial charge in [0.1, 0.15) is 12.1 Å². The number of halogens is 3. The van der Waals surface area contributed by atoms with Gasteiger partial charge in [0.15, 0.2) is 5.78 Å². The van der Waals surface area contributed by atoms with Crippen LogP contribution in [0.4, 0.5) is 13.2 Å². The van der Waals surface area contributed by atoms with Gasteiger partial charge in [0.2, 0.25) is 11.8 Å². The Hall–Kier alpha value is -3.24. The SMILES string of the molecule is CC(=O)c1ccc(C(=O)NC(C(=O)N2CCCC2C(=O)NC(C(=O)C(F)(F)F)C(C)C)C(C)C)cc1. The summed E-state index contributed by atoms with van der Waals surface area (Å²) in [6, 6.07) is 2.08. The molecule has 36 heavy (non-hydrogen) atoms. The van der Waals surface area contributed by atoms with Crippen molar-refractivity contribution in [2.75, 3.05) is 6.54 Å². The van der Waals surface area contributed by atoms with Gasteiger partial charge in [-0.1, -0.05) is 39.8 Å². The van der Waals surface area contributed by atoms with Crippen LogP contribution in [0.15, 0.2) is 24.3 Å². The molecule has 1 aromatic rings. The lowest BCUT2D eigenvalue weighted by Crippen LogP contribution is -2.58. The lowest BCUT2D eigenvalue weighted by Gasteiger charge is -2.32. The van der Waals surface area contributed by atoms with Crippen LogP contribution in [0.5, 0.6) is 0 Å². The number of carbonyl (C=O) groups excluding carboxylic acids is 5. The fourth-order valence-corrected chi connectivity index (χ4v) is 4.04. The summed E-state index contributed by atoms with van der Waals surface area (Å²) in [6.07, 6.45) is -4.45. The first-order chi connectivity index (χ1) is 16.6. The normalized spacial score (nSPS) is 17.6. The summed E-state index contributed by atoms with van der Waals surface area (Å²) in [4.78, 5) is 63.5. The predicted molar refractivity (Wildman–Crippen MR) is 125 cm³/mol. The van der Waals surface area contributed by atoms with Crippen LogP contribution in [0.2, 0.25) is 0 Å². The maximum absolute atomic E-state index is 13.4. The number of benzene rings is 1. The number of alkyl halides is 3. The summed E-state index contributed by atoms with van der Waals surface area (Å²) < 4.78 is 39.0. The van der Waals surface area contributed by atoms with Crippen LogP contribution in [0.3, 0.4) is 0 Å². The van der Waals surface area contributed by atoms with Crippen molar-refractivity contribution >= 4 is 29.3 Å². The molecular formula is C25H32F3N3O5. The third kappa shape index (κ3) is 6.92. The highest BCUT2D eigenvalue weighted by atomic mass is 19.4. The van der Waals surface area contributed by atoms with Crippen molar-refractivity contribution in [2.45, 2.75) is 71.8 Å². The number of carbonyl (C=O) groups is 5. The number of nitrogens with one attached hydrogen (secondary N) is 2. The van der Waals surface area contributed by atoms with E-state index in [9.17, 15) is 37.1 Å². The third-order valence-corrected chi connectivity index (χ3v) is 6.14. The third-order valence-electron chi connectivity index (χ3n) is 6.14. The van der Waals surface area contributed by atoms with E-state index < -0.39 is 53.7 Å². The Kier molecular flexibility index (Phi) is 9.39. The molecule has 1 aliphatic rings. The molecule has 0 bridgehead atoms. The average molecular weight is 512 g/mol. The minimum atomic E-state index is -5.11. The summed E-state index contributed by atoms with van der Waals surface area (Å²) >= 11 is 0. The molecule has 1 aliphatic heterocycles. The van der Waals surface area contributed by atoms with E-state index in [1.165, 1.54) is 49.9 Å². The van der Waals surface area contributed by atoms with Crippen molar-refractivity contribution in [3.8, 4) is 0 Å². The zero-order chi connectivity index (χ0) is 27.4. The summed E-state index contributed by atoms with van der Waals surface area (Å²) in [7, 11) is 0. The summed E-state index contributed by atoms with van der Waals surface area (Å²) in [5.41, 5.74) is 0.664. The van der Waals surface area contributed by atoms with Gasteiger partial charge in [0.05, 0.1) is 6.04 Å². The van der Waals surface area contributed by atoms with Gasteiger partial charge < -0.3 is 15.5 Å². The first-order valence-electron chi connectivity index (χ1n) is 11.8. The van der Waals surface area contributed by atoms with Gasteiger partial charge >= 0.3 is 6.18 Å². The highest BCUT2D eigenvalue weighted by molar-refractivity contribution is 6.00. The minimum absolute atomic E-state index is 0.160. The largest absolute Gasteiger partial charge is 0.452 e. The van der Waals surface area contributed by atoms with E-state index >= 15 is 0 Å². The second-order valence-electron chi connectivity index (χ2n) is 9.61. The van der Waals surface area contributed by atoms with Crippen LogP contribution >= 0.6 is 0 Å². The van der Waals surface area contributed by atoms with Crippen molar-refractivity contribution in [2.24, 2.45) is 11.8 Å². The van der Waals surface area contributed by atoms with Gasteiger partial charge in [-0.3, -0.25) is 24.0 Å². The smallest absolute Gasteiger partial charge is 0.344 e. The van der Waals surface area contributed by atoms with Crippen LogP contribution in [0.25, 0.3) is 0 Å². The molecule has 1 heterocycles. The molecule has 1 saturated heterocycles. The summed E-state index contributed by atoms with van der Waals surface area (Å²) in [6.45, 7) is 7.78. The fourth-order valence-electron chi connectivity index (χ4n) is 4.04. The molecule has 8 nitrogen and oxygen atoms in total. The fraction of sp³-hybridized carbons (Fsp3) is 0.560. The number of ketones is 2. The quantitative estimate of drug-likeness (QED) is 0.495. The molecule has 11 heteroatoms. The zero-order valence-electron chi connectivity index (χ0n) is 20.9. The van der Waals surface area contributed by atoms with Crippen LogP contribution in [-0.2, 0) is 14.4 Å². The van der Waals surface area contributed by atoms with Gasteiger partial charge in [-0.25, -0.2) is 0 Å². The number of amides is 3. The van der Waals surface area contributed by atoms with E-state index in [0.29, 0.717) is 12.0 Å². The van der Waals surface area contributed by atoms with Crippen LogP contribution in [0, 0.1) is 11.8 Å². The Balaban J connectivity index is 2.18. The molecule has 0 radical (unpaired) electrons. The van der Waals surface area contributed by atoms with Crippen molar-refractivity contribution in [1.82, 2.24) is 15.5 Å². The van der Waals surface area contributed by atoms with E-state index in [4.69, 9.17) is 0 Å². The van der Waals surface area contributed by atoms with Crippen molar-refractivity contribution < 1.29 is 37.1 Å². The van der Waals surface area contributed by atoms with E-state index in [0.717, 1.165) is 0 Å². The number of likely N-dealkylation sites (tertiary alicyclic amines) is 1. The molecule has 3 amide bonds. The number of hydrogen-bond acceptors (Lipinski definition) is 5. The van der Waals surface area contributed by atoms with Gasteiger partial charge in [0, 0.05) is 17.7 Å². The number of nitrogens with zero attached hydrogens (tertiary/aromatic N) is 1. The molecule has 1 aromatic carbocycles. The summed E-state index contributed by atoms with van der Waals surface area (Å²) in [5, 5.41) is 4.85. The van der Waals surface area contributed by atoms with Crippen LogP contribution < -0.4 is 10.6 Å². The minimum Gasteiger partial charge on any atom is -0.344 e. The van der Waals surface area contributed by atoms with Gasteiger partial charge in [-0.2, -0.15) is 13.2 Å². The molecule has 0 aliphatic carbocycles. The van der Waals surface area contributed by atoms with Crippen molar-refractivity contribution in [1.29, 1.82) is 0 Å². The second-order valence-corrected chi connectivity index (χ2v) is 9.61. The maximum Gasteiger partial charge on any atom is 0.452 e. The highest BCUT2D eigenvalue weighted by Crippen LogP contribution is 2.24. The molecule has 2 rings (SSSR count). The van der Waals surface area contributed by atoms with E-state index in [-0.39, 0.29) is 30.2 Å². The van der Waals surface area contributed by atoms with E-state index in [1.807, 2.05) is 0 Å². The Bertz CT molecular complexity index is 1010. The lowest BCUT2D eigenvalue weighted by molar-refractivity contribution is -0.175. The molecule has 2 N–H and O–H groups in total. The molecule has 3 atom stereocenters. The number of hydrogen-bond donors (Lipinski definition) is 2. The first-order valence-corrected chi connectivity index (χ1v) is 11.8. The first kappa shape index (κ1) is 29.0.